The van der Waals surface area contributed by atoms with Gasteiger partial charge in [-0.25, -0.2) is 0 Å². The molecule has 5 nitrogen and oxygen atoms in total. The van der Waals surface area contributed by atoms with E-state index in [9.17, 15) is 0 Å². The molecular weight excluding hydrogens is 336 g/mol. The summed E-state index contributed by atoms with van der Waals surface area (Å²) in [5.41, 5.74) is 5.46. The van der Waals surface area contributed by atoms with Crippen molar-refractivity contribution >= 4 is 10.9 Å². The lowest BCUT2D eigenvalue weighted by molar-refractivity contribution is -0.150. The molecule has 0 amide bonds. The predicted octanol–water partition coefficient (Wildman–Crippen LogP) is 3.43. The van der Waals surface area contributed by atoms with Crippen molar-refractivity contribution in [3.63, 3.8) is 0 Å². The van der Waals surface area contributed by atoms with Gasteiger partial charge in [-0.3, -0.25) is 14.8 Å². The number of pyridine rings is 1. The Bertz CT molecular complexity index is 1000. The molecule has 4 aliphatic rings. The fourth-order valence-corrected chi connectivity index (χ4v) is 5.71. The molecule has 2 bridgehead atoms. The standard InChI is InChI=1S/C22H24N4O/c1-27-15-5-6-18-17(14-15)16-7-11-26-21(19-4-2-3-10-23-19)25-12-8-22(26,9-13-25)20(16)24-18/h2-6,10,14,21,24H,7-9,11-13H2,1H3. The predicted molar refractivity (Wildman–Crippen MR) is 105 cm³/mol. The number of piperidine rings is 1. The van der Waals surface area contributed by atoms with E-state index in [1.807, 2.05) is 12.3 Å². The highest BCUT2D eigenvalue weighted by atomic mass is 16.5. The molecule has 4 aliphatic heterocycles. The number of benzene rings is 1. The molecule has 138 valence electrons. The number of nitrogens with one attached hydrogen (secondary N) is 1. The molecule has 7 rings (SSSR count). The van der Waals surface area contributed by atoms with Crippen LogP contribution < -0.4 is 4.74 Å². The van der Waals surface area contributed by atoms with Gasteiger partial charge in [0.05, 0.1) is 18.3 Å². The molecule has 1 spiro atoms. The summed E-state index contributed by atoms with van der Waals surface area (Å²) >= 11 is 0. The molecule has 3 aromatic rings. The first kappa shape index (κ1) is 15.7. The van der Waals surface area contributed by atoms with Crippen LogP contribution in [-0.4, -0.2) is 46.5 Å². The van der Waals surface area contributed by atoms with E-state index in [0.717, 1.165) is 31.8 Å². The average Bonchev–Trinajstić information content (AvgIpc) is 3.13. The van der Waals surface area contributed by atoms with Crippen LogP contribution in [0.25, 0.3) is 10.9 Å². The summed E-state index contributed by atoms with van der Waals surface area (Å²) in [5, 5.41) is 1.33. The number of methoxy groups -OCH3 is 1. The van der Waals surface area contributed by atoms with Gasteiger partial charge in [0.25, 0.3) is 0 Å². The maximum Gasteiger partial charge on any atom is 0.119 e. The third kappa shape index (κ3) is 2.04. The van der Waals surface area contributed by atoms with Crippen LogP contribution in [0.1, 0.15) is 36.0 Å². The van der Waals surface area contributed by atoms with Crippen molar-refractivity contribution in [1.29, 1.82) is 0 Å². The number of hydrogen-bond donors (Lipinski definition) is 1. The minimum atomic E-state index is 0.108. The molecule has 6 heterocycles. The van der Waals surface area contributed by atoms with Gasteiger partial charge in [0.15, 0.2) is 0 Å². The summed E-state index contributed by atoms with van der Waals surface area (Å²) in [6.45, 7) is 3.35. The average molecular weight is 360 g/mol. The maximum atomic E-state index is 5.48. The van der Waals surface area contributed by atoms with Crippen LogP contribution in [0.4, 0.5) is 0 Å². The fourth-order valence-electron chi connectivity index (χ4n) is 5.71. The van der Waals surface area contributed by atoms with E-state index in [2.05, 4.69) is 45.1 Å². The van der Waals surface area contributed by atoms with Crippen LogP contribution in [0, 0.1) is 0 Å². The SMILES string of the molecule is COc1ccc2[nH]c3c(c2c1)CCN1C(c2ccccn2)N2CCC31CC2. The summed E-state index contributed by atoms with van der Waals surface area (Å²) in [6, 6.07) is 12.7. The first-order valence-electron chi connectivity index (χ1n) is 9.91. The Morgan fingerprint density at radius 3 is 2.81 bits per heavy atom. The van der Waals surface area contributed by atoms with E-state index in [1.54, 1.807) is 7.11 Å². The van der Waals surface area contributed by atoms with Gasteiger partial charge in [0, 0.05) is 42.4 Å². The monoisotopic (exact) mass is 360 g/mol. The number of aromatic nitrogens is 2. The lowest BCUT2D eigenvalue weighted by Gasteiger charge is -2.61. The summed E-state index contributed by atoms with van der Waals surface area (Å²) in [6.07, 6.45) is 5.67. The number of H-pyrrole nitrogens is 1. The summed E-state index contributed by atoms with van der Waals surface area (Å²) < 4.78 is 5.48. The van der Waals surface area contributed by atoms with Crippen LogP contribution in [-0.2, 0) is 12.0 Å². The number of nitrogens with zero attached hydrogens (tertiary/aromatic N) is 3. The Labute approximate surface area is 158 Å². The summed E-state index contributed by atoms with van der Waals surface area (Å²) in [4.78, 5) is 13.9. The summed E-state index contributed by atoms with van der Waals surface area (Å²) in [5.74, 6) is 0.939. The minimum Gasteiger partial charge on any atom is -0.497 e. The van der Waals surface area contributed by atoms with Gasteiger partial charge in [-0.15, -0.1) is 0 Å². The van der Waals surface area contributed by atoms with Crippen LogP contribution in [0.2, 0.25) is 0 Å². The fraction of sp³-hybridized carbons (Fsp3) is 0.409. The van der Waals surface area contributed by atoms with Crippen molar-refractivity contribution in [3.8, 4) is 5.75 Å². The molecule has 0 saturated carbocycles. The van der Waals surface area contributed by atoms with Crippen LogP contribution in [0.5, 0.6) is 5.75 Å². The number of ether oxygens (including phenoxy) is 1. The van der Waals surface area contributed by atoms with Crippen molar-refractivity contribution in [2.24, 2.45) is 0 Å². The topological polar surface area (TPSA) is 44.4 Å². The smallest absolute Gasteiger partial charge is 0.119 e. The number of rotatable bonds is 2. The van der Waals surface area contributed by atoms with Crippen molar-refractivity contribution < 1.29 is 4.74 Å². The summed E-state index contributed by atoms with van der Waals surface area (Å²) in [7, 11) is 1.75. The van der Waals surface area contributed by atoms with Crippen molar-refractivity contribution in [3.05, 3.63) is 59.5 Å². The molecule has 1 unspecified atom stereocenters. The highest BCUT2D eigenvalue weighted by Gasteiger charge is 2.55. The van der Waals surface area contributed by atoms with Crippen LogP contribution in [0.15, 0.2) is 42.6 Å². The van der Waals surface area contributed by atoms with Gasteiger partial charge in [-0.2, -0.15) is 0 Å². The molecule has 1 N–H and O–H groups in total. The highest BCUT2D eigenvalue weighted by Crippen LogP contribution is 2.53. The number of hydrogen-bond acceptors (Lipinski definition) is 4. The maximum absolute atomic E-state index is 5.48. The Morgan fingerprint density at radius 2 is 2.04 bits per heavy atom. The van der Waals surface area contributed by atoms with E-state index in [-0.39, 0.29) is 5.54 Å². The Hall–Kier alpha value is -2.37. The number of fused-ring (bicyclic) bond motifs is 5. The van der Waals surface area contributed by atoms with Crippen LogP contribution in [0.3, 0.4) is 0 Å². The lowest BCUT2D eigenvalue weighted by atomic mass is 9.74. The second-order valence-corrected chi connectivity index (χ2v) is 8.03. The molecule has 1 atom stereocenters. The first-order chi connectivity index (χ1) is 13.3. The molecular formula is C22H24N4O. The Morgan fingerprint density at radius 1 is 1.15 bits per heavy atom. The normalized spacial score (nSPS) is 29.5. The third-order valence-corrected chi connectivity index (χ3v) is 6.95. The van der Waals surface area contributed by atoms with E-state index in [0.29, 0.717) is 6.17 Å². The Kier molecular flexibility index (Phi) is 3.23. The van der Waals surface area contributed by atoms with E-state index in [4.69, 9.17) is 9.72 Å². The molecule has 27 heavy (non-hydrogen) atoms. The second-order valence-electron chi connectivity index (χ2n) is 8.03. The van der Waals surface area contributed by atoms with E-state index >= 15 is 0 Å². The van der Waals surface area contributed by atoms with Crippen molar-refractivity contribution in [1.82, 2.24) is 19.8 Å². The van der Waals surface area contributed by atoms with E-state index < -0.39 is 0 Å². The quantitative estimate of drug-likeness (QED) is 0.760. The molecule has 5 heteroatoms. The molecule has 0 aliphatic carbocycles. The molecule has 3 fully saturated rings. The van der Waals surface area contributed by atoms with Crippen molar-refractivity contribution in [2.45, 2.75) is 31.0 Å². The molecule has 2 aromatic heterocycles. The van der Waals surface area contributed by atoms with Gasteiger partial charge in [-0.05, 0) is 55.2 Å². The number of aromatic amines is 1. The van der Waals surface area contributed by atoms with Gasteiger partial charge < -0.3 is 9.72 Å². The molecule has 3 saturated heterocycles. The zero-order valence-electron chi connectivity index (χ0n) is 15.6. The van der Waals surface area contributed by atoms with E-state index in [1.165, 1.54) is 40.7 Å². The highest BCUT2D eigenvalue weighted by molar-refractivity contribution is 5.87. The van der Waals surface area contributed by atoms with Crippen LogP contribution >= 0.6 is 0 Å². The zero-order valence-corrected chi connectivity index (χ0v) is 15.6. The van der Waals surface area contributed by atoms with Crippen molar-refractivity contribution in [2.75, 3.05) is 26.7 Å². The van der Waals surface area contributed by atoms with Gasteiger partial charge >= 0.3 is 0 Å². The molecule has 0 radical (unpaired) electrons. The third-order valence-electron chi connectivity index (χ3n) is 6.95. The van der Waals surface area contributed by atoms with Gasteiger partial charge in [0.2, 0.25) is 0 Å². The second kappa shape index (κ2) is 5.57. The first-order valence-corrected chi connectivity index (χ1v) is 9.91. The lowest BCUT2D eigenvalue weighted by Crippen LogP contribution is -2.66. The minimum absolute atomic E-state index is 0.108. The van der Waals surface area contributed by atoms with Gasteiger partial charge in [-0.1, -0.05) is 6.07 Å². The molecule has 1 aromatic carbocycles. The zero-order chi connectivity index (χ0) is 18.0. The largest absolute Gasteiger partial charge is 0.497 e. The Balaban J connectivity index is 1.52. The van der Waals surface area contributed by atoms with Gasteiger partial charge in [0.1, 0.15) is 11.9 Å².